The molecular formula is C24H25N3O3S. The third-order valence-electron chi connectivity index (χ3n) is 5.64. The summed E-state index contributed by atoms with van der Waals surface area (Å²) in [6.07, 6.45) is 4.23. The van der Waals surface area contributed by atoms with Crippen LogP contribution in [0, 0.1) is 6.92 Å². The highest BCUT2D eigenvalue weighted by molar-refractivity contribution is 7.80. The molecule has 0 aliphatic carbocycles. The summed E-state index contributed by atoms with van der Waals surface area (Å²) in [4.78, 5) is 30.7. The lowest BCUT2D eigenvalue weighted by Gasteiger charge is -2.20. The molecule has 0 bridgehead atoms. The number of hydrogen-bond acceptors (Lipinski definition) is 5. The standard InChI is InChI=1S/C24H25N3O3S/c1-17-14-18(10-11-20(17)25-12-6-7-13-25)15-21-23(29)27(19-8-4-3-5-9-19)24(31)26(21)16-22(28)30-2/h3-5,8-11,14-15H,6-7,12-13,16H2,1-2H3/b21-15+. The fourth-order valence-electron chi connectivity index (χ4n) is 4.07. The van der Waals surface area contributed by atoms with E-state index in [4.69, 9.17) is 17.0 Å². The van der Waals surface area contributed by atoms with Crippen LogP contribution in [0.1, 0.15) is 24.0 Å². The average Bonchev–Trinajstić information content (AvgIpc) is 3.38. The summed E-state index contributed by atoms with van der Waals surface area (Å²) in [5.74, 6) is -0.724. The predicted molar refractivity (Wildman–Crippen MR) is 126 cm³/mol. The molecular weight excluding hydrogens is 410 g/mol. The van der Waals surface area contributed by atoms with Crippen LogP contribution >= 0.6 is 12.2 Å². The van der Waals surface area contributed by atoms with Crippen LogP contribution in [0.25, 0.3) is 6.08 Å². The lowest BCUT2D eigenvalue weighted by Crippen LogP contribution is -2.35. The van der Waals surface area contributed by atoms with Gasteiger partial charge >= 0.3 is 5.97 Å². The van der Waals surface area contributed by atoms with E-state index >= 15 is 0 Å². The van der Waals surface area contributed by atoms with Gasteiger partial charge in [0.25, 0.3) is 5.91 Å². The number of amides is 1. The van der Waals surface area contributed by atoms with Crippen molar-refractivity contribution in [3.63, 3.8) is 0 Å². The van der Waals surface area contributed by atoms with Gasteiger partial charge in [-0.05, 0) is 73.5 Å². The van der Waals surface area contributed by atoms with Crippen LogP contribution in [0.2, 0.25) is 0 Å². The van der Waals surface area contributed by atoms with E-state index in [1.54, 1.807) is 11.0 Å². The molecule has 0 unspecified atom stereocenters. The van der Waals surface area contributed by atoms with Gasteiger partial charge in [0.05, 0.1) is 12.8 Å². The first-order chi connectivity index (χ1) is 15.0. The summed E-state index contributed by atoms with van der Waals surface area (Å²) in [5, 5.41) is 0.262. The van der Waals surface area contributed by atoms with Crippen molar-refractivity contribution < 1.29 is 14.3 Å². The smallest absolute Gasteiger partial charge is 0.325 e. The van der Waals surface area contributed by atoms with Gasteiger partial charge in [0.15, 0.2) is 5.11 Å². The van der Waals surface area contributed by atoms with Gasteiger partial charge in [-0.2, -0.15) is 0 Å². The number of carbonyl (C=O) groups is 2. The molecule has 0 atom stereocenters. The van der Waals surface area contributed by atoms with Gasteiger partial charge < -0.3 is 14.5 Å². The molecule has 4 rings (SSSR count). The van der Waals surface area contributed by atoms with Crippen molar-refractivity contribution in [3.05, 3.63) is 65.4 Å². The molecule has 0 N–H and O–H groups in total. The number of benzene rings is 2. The van der Waals surface area contributed by atoms with Crippen molar-refractivity contribution in [1.82, 2.24) is 4.90 Å². The van der Waals surface area contributed by atoms with Crippen LogP contribution in [0.3, 0.4) is 0 Å². The summed E-state index contributed by atoms with van der Waals surface area (Å²) < 4.78 is 4.82. The summed E-state index contributed by atoms with van der Waals surface area (Å²) in [5.41, 5.74) is 4.29. The fourth-order valence-corrected chi connectivity index (χ4v) is 4.42. The Kier molecular flexibility index (Phi) is 6.04. The van der Waals surface area contributed by atoms with Gasteiger partial charge in [-0.1, -0.05) is 24.3 Å². The Morgan fingerprint density at radius 1 is 1.13 bits per heavy atom. The minimum atomic E-state index is -0.462. The first-order valence-corrected chi connectivity index (χ1v) is 10.8. The molecule has 2 aromatic rings. The summed E-state index contributed by atoms with van der Waals surface area (Å²) in [7, 11) is 1.32. The molecule has 2 aromatic carbocycles. The van der Waals surface area contributed by atoms with Crippen LogP contribution < -0.4 is 9.80 Å². The topological polar surface area (TPSA) is 53.1 Å². The third kappa shape index (κ3) is 4.18. The molecule has 2 aliphatic heterocycles. The van der Waals surface area contributed by atoms with Crippen molar-refractivity contribution in [2.45, 2.75) is 19.8 Å². The molecule has 0 saturated carbocycles. The van der Waals surface area contributed by atoms with Gasteiger partial charge in [0.1, 0.15) is 12.2 Å². The van der Waals surface area contributed by atoms with Crippen LogP contribution in [0.5, 0.6) is 0 Å². The summed E-state index contributed by atoms with van der Waals surface area (Å²) in [6.45, 7) is 4.11. The number of anilines is 2. The predicted octanol–water partition coefficient (Wildman–Crippen LogP) is 3.74. The molecule has 0 radical (unpaired) electrons. The number of rotatable bonds is 5. The van der Waals surface area contributed by atoms with E-state index in [0.717, 1.165) is 24.2 Å². The Bertz CT molecular complexity index is 1050. The van der Waals surface area contributed by atoms with E-state index in [-0.39, 0.29) is 17.6 Å². The number of carbonyl (C=O) groups excluding carboxylic acids is 2. The van der Waals surface area contributed by atoms with Gasteiger partial charge in [-0.15, -0.1) is 0 Å². The molecule has 2 heterocycles. The quantitative estimate of drug-likeness (QED) is 0.405. The molecule has 2 fully saturated rings. The molecule has 0 spiro atoms. The Morgan fingerprint density at radius 3 is 2.48 bits per heavy atom. The number of ether oxygens (including phenoxy) is 1. The maximum absolute atomic E-state index is 13.3. The molecule has 2 aliphatic rings. The van der Waals surface area contributed by atoms with Gasteiger partial charge in [-0.3, -0.25) is 14.5 Å². The van der Waals surface area contributed by atoms with E-state index in [1.165, 1.54) is 30.5 Å². The summed E-state index contributed by atoms with van der Waals surface area (Å²) >= 11 is 5.58. The van der Waals surface area contributed by atoms with Gasteiger partial charge in [0.2, 0.25) is 0 Å². The highest BCUT2D eigenvalue weighted by atomic mass is 32.1. The number of aryl methyl sites for hydroxylation is 1. The monoisotopic (exact) mass is 435 g/mol. The zero-order valence-electron chi connectivity index (χ0n) is 17.7. The highest BCUT2D eigenvalue weighted by Gasteiger charge is 2.40. The zero-order valence-corrected chi connectivity index (χ0v) is 18.5. The van der Waals surface area contributed by atoms with Crippen LogP contribution in [0.4, 0.5) is 11.4 Å². The second-order valence-electron chi connectivity index (χ2n) is 7.69. The van der Waals surface area contributed by atoms with Crippen molar-refractivity contribution in [3.8, 4) is 0 Å². The zero-order chi connectivity index (χ0) is 22.0. The molecule has 1 amide bonds. The van der Waals surface area contributed by atoms with Crippen LogP contribution in [0.15, 0.2) is 54.2 Å². The van der Waals surface area contributed by atoms with Crippen molar-refractivity contribution in [2.24, 2.45) is 0 Å². The number of esters is 1. The number of para-hydroxylation sites is 1. The maximum Gasteiger partial charge on any atom is 0.325 e. The molecule has 0 aromatic heterocycles. The van der Waals surface area contributed by atoms with Crippen molar-refractivity contribution in [1.29, 1.82) is 0 Å². The number of nitrogens with zero attached hydrogens (tertiary/aromatic N) is 3. The second-order valence-corrected chi connectivity index (χ2v) is 8.06. The third-order valence-corrected chi connectivity index (χ3v) is 6.04. The van der Waals surface area contributed by atoms with Gasteiger partial charge in [-0.25, -0.2) is 0 Å². The Hall–Kier alpha value is -3.19. The van der Waals surface area contributed by atoms with E-state index in [0.29, 0.717) is 11.4 Å². The molecule has 6 nitrogen and oxygen atoms in total. The number of methoxy groups -OCH3 is 1. The number of thiocarbonyl (C=S) groups is 1. The van der Waals surface area contributed by atoms with E-state index in [2.05, 4.69) is 24.0 Å². The van der Waals surface area contributed by atoms with E-state index in [1.807, 2.05) is 36.4 Å². The average molecular weight is 436 g/mol. The molecule has 31 heavy (non-hydrogen) atoms. The second kappa shape index (κ2) is 8.89. The Balaban J connectivity index is 1.70. The lowest BCUT2D eigenvalue weighted by atomic mass is 10.1. The van der Waals surface area contributed by atoms with E-state index < -0.39 is 5.97 Å². The fraction of sp³-hybridized carbons (Fsp3) is 0.292. The molecule has 2 saturated heterocycles. The van der Waals surface area contributed by atoms with Crippen LogP contribution in [-0.4, -0.2) is 48.6 Å². The first kappa shape index (κ1) is 21.1. The lowest BCUT2D eigenvalue weighted by molar-refractivity contribution is -0.140. The number of hydrogen-bond donors (Lipinski definition) is 0. The summed E-state index contributed by atoms with van der Waals surface area (Å²) in [6, 6.07) is 15.4. The Morgan fingerprint density at radius 2 is 1.84 bits per heavy atom. The van der Waals surface area contributed by atoms with Crippen molar-refractivity contribution in [2.75, 3.05) is 36.5 Å². The van der Waals surface area contributed by atoms with Crippen molar-refractivity contribution >= 4 is 46.7 Å². The molecule has 7 heteroatoms. The largest absolute Gasteiger partial charge is 0.468 e. The minimum Gasteiger partial charge on any atom is -0.468 e. The SMILES string of the molecule is COC(=O)CN1C(=S)N(c2ccccc2)C(=O)/C1=C\c1ccc(N2CCCC2)c(C)c1. The first-order valence-electron chi connectivity index (χ1n) is 10.3. The molecule has 160 valence electrons. The minimum absolute atomic E-state index is 0.124. The Labute approximate surface area is 187 Å². The highest BCUT2D eigenvalue weighted by Crippen LogP contribution is 2.30. The maximum atomic E-state index is 13.3. The van der Waals surface area contributed by atoms with E-state index in [9.17, 15) is 9.59 Å². The van der Waals surface area contributed by atoms with Gasteiger partial charge in [0, 0.05) is 18.8 Å². The normalized spacial score (nSPS) is 17.7. The van der Waals surface area contributed by atoms with Crippen LogP contribution in [-0.2, 0) is 14.3 Å².